The Morgan fingerprint density at radius 1 is 1.35 bits per heavy atom. The van der Waals surface area contributed by atoms with Crippen molar-refractivity contribution in [3.05, 3.63) is 51.3 Å². The van der Waals surface area contributed by atoms with Gasteiger partial charge in [0.2, 0.25) is 0 Å². The van der Waals surface area contributed by atoms with Crippen LogP contribution in [0.25, 0.3) is 0 Å². The standard InChI is InChI=1S/C14H16Cl2N2O2/c1-9-5-10(7-11(15)6-9)14(19)13-12(16)8-17-18(13)3-4-20-2/h5-8,14,19H,3-4H2,1-2H3. The minimum Gasteiger partial charge on any atom is -0.383 e. The van der Waals surface area contributed by atoms with E-state index in [-0.39, 0.29) is 0 Å². The van der Waals surface area contributed by atoms with Crippen LogP contribution in [0.15, 0.2) is 24.4 Å². The maximum absolute atomic E-state index is 10.5. The van der Waals surface area contributed by atoms with E-state index in [1.807, 2.05) is 19.1 Å². The van der Waals surface area contributed by atoms with Gasteiger partial charge >= 0.3 is 0 Å². The number of aryl methyl sites for hydroxylation is 1. The maximum atomic E-state index is 10.5. The van der Waals surface area contributed by atoms with Gasteiger partial charge in [0.15, 0.2) is 0 Å². The lowest BCUT2D eigenvalue weighted by Gasteiger charge is -2.15. The van der Waals surface area contributed by atoms with Crippen LogP contribution in [0, 0.1) is 6.92 Å². The van der Waals surface area contributed by atoms with Crippen molar-refractivity contribution in [2.75, 3.05) is 13.7 Å². The van der Waals surface area contributed by atoms with Crippen LogP contribution in [0.1, 0.15) is 22.9 Å². The number of rotatable bonds is 5. The van der Waals surface area contributed by atoms with E-state index in [0.29, 0.717) is 34.5 Å². The van der Waals surface area contributed by atoms with Gasteiger partial charge in [-0.25, -0.2) is 0 Å². The molecule has 20 heavy (non-hydrogen) atoms. The first kappa shape index (κ1) is 15.3. The van der Waals surface area contributed by atoms with Crippen molar-refractivity contribution in [2.24, 2.45) is 0 Å². The van der Waals surface area contributed by atoms with E-state index in [1.165, 1.54) is 6.20 Å². The third-order valence-corrected chi connectivity index (χ3v) is 3.49. The summed E-state index contributed by atoms with van der Waals surface area (Å²) >= 11 is 12.2. The molecule has 0 spiro atoms. The highest BCUT2D eigenvalue weighted by Crippen LogP contribution is 2.30. The van der Waals surface area contributed by atoms with Crippen molar-refractivity contribution in [1.29, 1.82) is 0 Å². The molecule has 0 fully saturated rings. The molecule has 0 saturated heterocycles. The SMILES string of the molecule is COCCn1ncc(Cl)c1C(O)c1cc(C)cc(Cl)c1. The van der Waals surface area contributed by atoms with Crippen LogP contribution in [0.4, 0.5) is 0 Å². The predicted molar refractivity (Wildman–Crippen MR) is 79.4 cm³/mol. The topological polar surface area (TPSA) is 47.3 Å². The van der Waals surface area contributed by atoms with E-state index >= 15 is 0 Å². The molecule has 0 aliphatic heterocycles. The maximum Gasteiger partial charge on any atom is 0.122 e. The predicted octanol–water partition coefficient (Wildman–Crippen LogP) is 3.23. The number of aromatic nitrogens is 2. The Morgan fingerprint density at radius 3 is 2.75 bits per heavy atom. The normalized spacial score (nSPS) is 12.7. The molecule has 1 N–H and O–H groups in total. The Balaban J connectivity index is 2.36. The van der Waals surface area contributed by atoms with E-state index < -0.39 is 6.10 Å². The second-order valence-corrected chi connectivity index (χ2v) is 5.40. The second kappa shape index (κ2) is 6.59. The molecule has 2 rings (SSSR count). The molecule has 0 aliphatic rings. The lowest BCUT2D eigenvalue weighted by molar-refractivity contribution is 0.171. The zero-order chi connectivity index (χ0) is 14.7. The number of hydrogen-bond donors (Lipinski definition) is 1. The molecule has 2 aromatic rings. The highest BCUT2D eigenvalue weighted by Gasteiger charge is 2.20. The van der Waals surface area contributed by atoms with Gasteiger partial charge in [0.05, 0.1) is 30.1 Å². The summed E-state index contributed by atoms with van der Waals surface area (Å²) in [5.74, 6) is 0. The first-order valence-electron chi connectivity index (χ1n) is 6.18. The fraction of sp³-hybridized carbons (Fsp3) is 0.357. The van der Waals surface area contributed by atoms with Gasteiger partial charge in [0.1, 0.15) is 6.10 Å². The molecule has 1 aromatic heterocycles. The minimum absolute atomic E-state index is 0.422. The third-order valence-electron chi connectivity index (χ3n) is 2.98. The number of aliphatic hydroxyl groups is 1. The Labute approximate surface area is 127 Å². The molecule has 1 heterocycles. The van der Waals surface area contributed by atoms with E-state index in [0.717, 1.165) is 5.56 Å². The van der Waals surface area contributed by atoms with Crippen molar-refractivity contribution in [2.45, 2.75) is 19.6 Å². The molecular weight excluding hydrogens is 299 g/mol. The Bertz CT molecular complexity index is 579. The first-order valence-corrected chi connectivity index (χ1v) is 6.94. The summed E-state index contributed by atoms with van der Waals surface area (Å²) in [5.41, 5.74) is 2.21. The fourth-order valence-corrected chi connectivity index (χ4v) is 2.62. The molecule has 0 aliphatic carbocycles. The van der Waals surface area contributed by atoms with Gasteiger partial charge in [0.25, 0.3) is 0 Å². The number of nitrogens with zero attached hydrogens (tertiary/aromatic N) is 2. The monoisotopic (exact) mass is 314 g/mol. The number of benzene rings is 1. The number of ether oxygens (including phenoxy) is 1. The number of aliphatic hydroxyl groups excluding tert-OH is 1. The molecule has 1 aromatic carbocycles. The molecule has 6 heteroatoms. The van der Waals surface area contributed by atoms with Gasteiger partial charge in [-0.2, -0.15) is 5.10 Å². The summed E-state index contributed by atoms with van der Waals surface area (Å²) in [7, 11) is 1.61. The smallest absolute Gasteiger partial charge is 0.122 e. The summed E-state index contributed by atoms with van der Waals surface area (Å²) in [5, 5.41) is 15.7. The molecule has 108 valence electrons. The van der Waals surface area contributed by atoms with Crippen molar-refractivity contribution < 1.29 is 9.84 Å². The number of halogens is 2. The molecule has 1 atom stereocenters. The Kier molecular flexibility index (Phi) is 5.05. The quantitative estimate of drug-likeness (QED) is 0.921. The average molecular weight is 315 g/mol. The van der Waals surface area contributed by atoms with Gasteiger partial charge in [-0.15, -0.1) is 0 Å². The van der Waals surface area contributed by atoms with Crippen LogP contribution in [-0.4, -0.2) is 28.6 Å². The van der Waals surface area contributed by atoms with Gasteiger partial charge in [-0.3, -0.25) is 4.68 Å². The van der Waals surface area contributed by atoms with Gasteiger partial charge in [0, 0.05) is 12.1 Å². The van der Waals surface area contributed by atoms with Crippen LogP contribution in [0.3, 0.4) is 0 Å². The Morgan fingerprint density at radius 2 is 2.10 bits per heavy atom. The zero-order valence-corrected chi connectivity index (χ0v) is 12.8. The van der Waals surface area contributed by atoms with Crippen molar-refractivity contribution in [1.82, 2.24) is 9.78 Å². The zero-order valence-electron chi connectivity index (χ0n) is 11.3. The summed E-state index contributed by atoms with van der Waals surface area (Å²) < 4.78 is 6.67. The molecule has 1 unspecified atom stereocenters. The van der Waals surface area contributed by atoms with Crippen molar-refractivity contribution in [3.63, 3.8) is 0 Å². The lowest BCUT2D eigenvalue weighted by Crippen LogP contribution is -2.13. The van der Waals surface area contributed by atoms with E-state index in [2.05, 4.69) is 5.10 Å². The lowest BCUT2D eigenvalue weighted by atomic mass is 10.0. The fourth-order valence-electron chi connectivity index (χ4n) is 2.08. The van der Waals surface area contributed by atoms with E-state index in [4.69, 9.17) is 27.9 Å². The molecule has 0 radical (unpaired) electrons. The first-order chi connectivity index (χ1) is 9.52. The van der Waals surface area contributed by atoms with Gasteiger partial charge in [-0.1, -0.05) is 29.3 Å². The van der Waals surface area contributed by atoms with Crippen molar-refractivity contribution in [3.8, 4) is 0 Å². The van der Waals surface area contributed by atoms with E-state index in [9.17, 15) is 5.11 Å². The molecular formula is C14H16Cl2N2O2. The van der Waals surface area contributed by atoms with Gasteiger partial charge < -0.3 is 9.84 Å². The van der Waals surface area contributed by atoms with Crippen LogP contribution >= 0.6 is 23.2 Å². The summed E-state index contributed by atoms with van der Waals surface area (Å²) in [6.07, 6.45) is 0.645. The van der Waals surface area contributed by atoms with Crippen LogP contribution in [-0.2, 0) is 11.3 Å². The largest absolute Gasteiger partial charge is 0.383 e. The summed E-state index contributed by atoms with van der Waals surface area (Å²) in [4.78, 5) is 0. The number of methoxy groups -OCH3 is 1. The third kappa shape index (κ3) is 3.33. The van der Waals surface area contributed by atoms with Gasteiger partial charge in [-0.05, 0) is 30.2 Å². The van der Waals surface area contributed by atoms with Crippen molar-refractivity contribution >= 4 is 23.2 Å². The molecule has 0 amide bonds. The van der Waals surface area contributed by atoms with Crippen LogP contribution < -0.4 is 0 Å². The average Bonchev–Trinajstić information content (AvgIpc) is 2.75. The van der Waals surface area contributed by atoms with Crippen LogP contribution in [0.5, 0.6) is 0 Å². The summed E-state index contributed by atoms with van der Waals surface area (Å²) in [6, 6.07) is 5.44. The second-order valence-electron chi connectivity index (χ2n) is 4.56. The molecule has 0 saturated carbocycles. The minimum atomic E-state index is -0.876. The summed E-state index contributed by atoms with van der Waals surface area (Å²) in [6.45, 7) is 2.94. The molecule has 4 nitrogen and oxygen atoms in total. The van der Waals surface area contributed by atoms with E-state index in [1.54, 1.807) is 17.9 Å². The number of hydrogen-bond acceptors (Lipinski definition) is 3. The molecule has 0 bridgehead atoms. The highest BCUT2D eigenvalue weighted by atomic mass is 35.5. The highest BCUT2D eigenvalue weighted by molar-refractivity contribution is 6.31. The van der Waals surface area contributed by atoms with Crippen LogP contribution in [0.2, 0.25) is 10.0 Å². The Hall–Kier alpha value is -1.07.